The van der Waals surface area contributed by atoms with Crippen molar-refractivity contribution in [1.29, 1.82) is 5.26 Å². The SMILES string of the molecule is N#CC(c1ccc(Cl)cc1)c1c(Cl)cc(-n2ncc(Cl)nc2=O)cc1Cl. The molecule has 0 aliphatic heterocycles. The van der Waals surface area contributed by atoms with Gasteiger partial charge in [-0.25, -0.2) is 4.79 Å². The number of hydrogen-bond donors (Lipinski definition) is 0. The van der Waals surface area contributed by atoms with Gasteiger partial charge >= 0.3 is 5.69 Å². The van der Waals surface area contributed by atoms with Crippen molar-refractivity contribution in [3.63, 3.8) is 0 Å². The van der Waals surface area contributed by atoms with Crippen LogP contribution in [-0.4, -0.2) is 14.8 Å². The molecular weight excluding hydrogens is 418 g/mol. The van der Waals surface area contributed by atoms with Crippen molar-refractivity contribution in [2.75, 3.05) is 0 Å². The van der Waals surface area contributed by atoms with E-state index in [1.165, 1.54) is 18.3 Å². The summed E-state index contributed by atoms with van der Waals surface area (Å²) in [4.78, 5) is 15.5. The van der Waals surface area contributed by atoms with Crippen LogP contribution in [0.2, 0.25) is 20.2 Å². The summed E-state index contributed by atoms with van der Waals surface area (Å²) in [5.74, 6) is -0.700. The molecule has 2 aromatic carbocycles. The molecule has 3 aromatic rings. The zero-order valence-corrected chi connectivity index (χ0v) is 15.9. The molecule has 0 radical (unpaired) electrons. The van der Waals surface area contributed by atoms with Gasteiger partial charge in [-0.1, -0.05) is 58.5 Å². The molecule has 26 heavy (non-hydrogen) atoms. The fourth-order valence-corrected chi connectivity index (χ4v) is 3.37. The zero-order valence-electron chi connectivity index (χ0n) is 12.8. The van der Waals surface area contributed by atoms with Crippen LogP contribution >= 0.6 is 46.4 Å². The molecule has 5 nitrogen and oxygen atoms in total. The molecule has 9 heteroatoms. The molecule has 0 bridgehead atoms. The lowest BCUT2D eigenvalue weighted by atomic mass is 9.92. The van der Waals surface area contributed by atoms with Crippen LogP contribution in [0.3, 0.4) is 0 Å². The Balaban J connectivity index is 2.11. The van der Waals surface area contributed by atoms with Gasteiger partial charge in [-0.15, -0.1) is 0 Å². The van der Waals surface area contributed by atoms with Crippen LogP contribution < -0.4 is 5.69 Å². The average molecular weight is 426 g/mol. The number of rotatable bonds is 3. The third-order valence-electron chi connectivity index (χ3n) is 3.59. The molecule has 0 spiro atoms. The minimum Gasteiger partial charge on any atom is -0.244 e. The quantitative estimate of drug-likeness (QED) is 0.598. The van der Waals surface area contributed by atoms with Gasteiger partial charge in [-0.05, 0) is 29.8 Å². The standard InChI is InChI=1S/C17H8Cl4N4O/c18-10-3-1-9(2-4-10)12(7-22)16-13(19)5-11(6-14(16)20)25-17(26)24-15(21)8-23-25/h1-6,8,12H. The first-order valence-corrected chi connectivity index (χ1v) is 8.68. The Morgan fingerprint density at radius 1 is 1.04 bits per heavy atom. The van der Waals surface area contributed by atoms with E-state index in [1.54, 1.807) is 24.3 Å². The molecule has 0 saturated heterocycles. The number of aromatic nitrogens is 3. The molecule has 0 aliphatic carbocycles. The highest BCUT2D eigenvalue weighted by Gasteiger charge is 2.21. The van der Waals surface area contributed by atoms with Crippen molar-refractivity contribution in [3.05, 3.63) is 84.4 Å². The summed E-state index contributed by atoms with van der Waals surface area (Å²) in [6, 6.07) is 12.0. The summed E-state index contributed by atoms with van der Waals surface area (Å²) in [6.45, 7) is 0. The van der Waals surface area contributed by atoms with Gasteiger partial charge in [-0.3, -0.25) is 0 Å². The maximum atomic E-state index is 11.9. The van der Waals surface area contributed by atoms with Gasteiger partial charge in [0.05, 0.1) is 23.9 Å². The molecule has 1 unspecified atom stereocenters. The Morgan fingerprint density at radius 3 is 2.19 bits per heavy atom. The van der Waals surface area contributed by atoms with Crippen molar-refractivity contribution in [2.24, 2.45) is 0 Å². The first-order valence-electron chi connectivity index (χ1n) is 7.17. The fraction of sp³-hybridized carbons (Fsp3) is 0.0588. The molecule has 1 atom stereocenters. The Kier molecular flexibility index (Phi) is 5.49. The highest BCUT2D eigenvalue weighted by molar-refractivity contribution is 6.36. The second kappa shape index (κ2) is 7.65. The fourth-order valence-electron chi connectivity index (χ4n) is 2.43. The van der Waals surface area contributed by atoms with E-state index in [4.69, 9.17) is 46.4 Å². The molecule has 130 valence electrons. The first-order chi connectivity index (χ1) is 12.4. The van der Waals surface area contributed by atoms with E-state index in [2.05, 4.69) is 16.2 Å². The van der Waals surface area contributed by atoms with Crippen molar-refractivity contribution in [3.8, 4) is 11.8 Å². The van der Waals surface area contributed by atoms with Crippen molar-refractivity contribution < 1.29 is 0 Å². The third-order valence-corrected chi connectivity index (χ3v) is 4.65. The number of benzene rings is 2. The molecule has 0 fully saturated rings. The van der Waals surface area contributed by atoms with Crippen LogP contribution in [0.4, 0.5) is 0 Å². The molecule has 0 N–H and O–H groups in total. The molecule has 0 saturated carbocycles. The first kappa shape index (κ1) is 18.7. The highest BCUT2D eigenvalue weighted by atomic mass is 35.5. The van der Waals surface area contributed by atoms with E-state index in [-0.39, 0.29) is 15.2 Å². The van der Waals surface area contributed by atoms with Crippen LogP contribution in [0.15, 0.2) is 47.4 Å². The Morgan fingerprint density at radius 2 is 1.65 bits per heavy atom. The molecule has 0 amide bonds. The molecule has 3 rings (SSSR count). The second-order valence-corrected chi connectivity index (χ2v) is 6.85. The van der Waals surface area contributed by atoms with E-state index in [0.29, 0.717) is 21.8 Å². The summed E-state index contributed by atoms with van der Waals surface area (Å²) < 4.78 is 1.01. The summed E-state index contributed by atoms with van der Waals surface area (Å²) in [6.07, 6.45) is 1.23. The topological polar surface area (TPSA) is 71.6 Å². The Hall–Kier alpha value is -2.10. The summed E-state index contributed by atoms with van der Waals surface area (Å²) in [5.41, 5.74) is 0.756. The Bertz CT molecular complexity index is 1050. The minimum absolute atomic E-state index is 0.0210. The summed E-state index contributed by atoms with van der Waals surface area (Å²) >= 11 is 24.3. The number of halogens is 4. The maximum absolute atomic E-state index is 11.9. The van der Waals surface area contributed by atoms with E-state index in [0.717, 1.165) is 4.68 Å². The number of nitriles is 1. The van der Waals surface area contributed by atoms with E-state index in [1.807, 2.05) is 0 Å². The van der Waals surface area contributed by atoms with Gasteiger partial charge < -0.3 is 0 Å². The maximum Gasteiger partial charge on any atom is 0.370 e. The third kappa shape index (κ3) is 3.69. The van der Waals surface area contributed by atoms with Crippen molar-refractivity contribution in [2.45, 2.75) is 5.92 Å². The van der Waals surface area contributed by atoms with Gasteiger partial charge in [-0.2, -0.15) is 20.0 Å². The summed E-state index contributed by atoms with van der Waals surface area (Å²) in [7, 11) is 0. The highest BCUT2D eigenvalue weighted by Crippen LogP contribution is 2.37. The predicted molar refractivity (Wildman–Crippen MR) is 102 cm³/mol. The number of hydrogen-bond acceptors (Lipinski definition) is 4. The van der Waals surface area contributed by atoms with Crippen LogP contribution in [0.25, 0.3) is 5.69 Å². The van der Waals surface area contributed by atoms with Crippen LogP contribution in [0.1, 0.15) is 17.0 Å². The van der Waals surface area contributed by atoms with Crippen LogP contribution in [-0.2, 0) is 0 Å². The van der Waals surface area contributed by atoms with Gasteiger partial charge in [0.2, 0.25) is 0 Å². The van der Waals surface area contributed by atoms with E-state index >= 15 is 0 Å². The lowest BCUT2D eigenvalue weighted by Crippen LogP contribution is -2.23. The summed E-state index contributed by atoms with van der Waals surface area (Å²) in [5, 5.41) is 14.5. The van der Waals surface area contributed by atoms with Gasteiger partial charge in [0.1, 0.15) is 0 Å². The van der Waals surface area contributed by atoms with Crippen LogP contribution in [0.5, 0.6) is 0 Å². The molecule has 1 heterocycles. The predicted octanol–water partition coefficient (Wildman–Crippen LogP) is 4.90. The Labute approximate surface area is 168 Å². The average Bonchev–Trinajstić information content (AvgIpc) is 2.59. The largest absolute Gasteiger partial charge is 0.370 e. The smallest absolute Gasteiger partial charge is 0.244 e. The van der Waals surface area contributed by atoms with Gasteiger partial charge in [0, 0.05) is 20.6 Å². The van der Waals surface area contributed by atoms with Crippen molar-refractivity contribution >= 4 is 46.4 Å². The van der Waals surface area contributed by atoms with E-state index in [9.17, 15) is 10.1 Å². The monoisotopic (exact) mass is 424 g/mol. The second-order valence-electron chi connectivity index (χ2n) is 5.21. The van der Waals surface area contributed by atoms with Gasteiger partial charge in [0.25, 0.3) is 0 Å². The lowest BCUT2D eigenvalue weighted by molar-refractivity contribution is 0.762. The number of nitrogens with zero attached hydrogens (tertiary/aromatic N) is 4. The molecular formula is C17H8Cl4N4O. The van der Waals surface area contributed by atoms with Crippen molar-refractivity contribution in [1.82, 2.24) is 14.8 Å². The normalized spacial score (nSPS) is 11.8. The van der Waals surface area contributed by atoms with E-state index < -0.39 is 11.6 Å². The molecule has 1 aromatic heterocycles. The van der Waals surface area contributed by atoms with Gasteiger partial charge in [0.15, 0.2) is 5.15 Å². The molecule has 0 aliphatic rings. The zero-order chi connectivity index (χ0) is 18.8. The lowest BCUT2D eigenvalue weighted by Gasteiger charge is -2.15. The van der Waals surface area contributed by atoms with Crippen LogP contribution in [0, 0.1) is 11.3 Å². The minimum atomic E-state index is -0.700.